The first-order valence-electron chi connectivity index (χ1n) is 8.16. The number of pyridine rings is 1. The van der Waals surface area contributed by atoms with E-state index in [4.69, 9.17) is 0 Å². The summed E-state index contributed by atoms with van der Waals surface area (Å²) >= 11 is 0. The van der Waals surface area contributed by atoms with Crippen LogP contribution >= 0.6 is 0 Å². The van der Waals surface area contributed by atoms with Gasteiger partial charge < -0.3 is 9.88 Å². The van der Waals surface area contributed by atoms with E-state index in [1.54, 1.807) is 0 Å². The molecule has 4 heteroatoms. The van der Waals surface area contributed by atoms with Crippen LogP contribution in [0, 0.1) is 6.92 Å². The molecule has 120 valence electrons. The number of nitrogens with zero attached hydrogens (tertiary/aromatic N) is 1. The second-order valence-corrected chi connectivity index (χ2v) is 6.23. The molecule has 1 aliphatic rings. The Morgan fingerprint density at radius 3 is 2.48 bits per heavy atom. The lowest BCUT2D eigenvalue weighted by Gasteiger charge is -2.22. The second kappa shape index (κ2) is 6.03. The van der Waals surface area contributed by atoms with Crippen LogP contribution in [0.4, 0.5) is 5.69 Å². The highest BCUT2D eigenvalue weighted by atomic mass is 16.2. The number of H-pyrrole nitrogens is 1. The molecule has 1 unspecified atom stereocenters. The normalized spacial score (nSPS) is 17.8. The van der Waals surface area contributed by atoms with E-state index in [2.05, 4.69) is 18.8 Å². The molecule has 0 saturated carbocycles. The van der Waals surface area contributed by atoms with Crippen molar-refractivity contribution in [1.82, 2.24) is 4.98 Å². The Labute approximate surface area is 136 Å². The van der Waals surface area contributed by atoms with Crippen molar-refractivity contribution in [2.45, 2.75) is 46.1 Å². The molecule has 3 rings (SSSR count). The predicted molar refractivity (Wildman–Crippen MR) is 92.8 cm³/mol. The van der Waals surface area contributed by atoms with Crippen molar-refractivity contribution in [3.05, 3.63) is 51.8 Å². The van der Waals surface area contributed by atoms with E-state index < -0.39 is 0 Å². The van der Waals surface area contributed by atoms with Gasteiger partial charge in [-0.2, -0.15) is 0 Å². The highest BCUT2D eigenvalue weighted by molar-refractivity contribution is 5.96. The number of rotatable bonds is 3. The number of amides is 1. The maximum absolute atomic E-state index is 12.0. The Bertz CT molecular complexity index is 790. The van der Waals surface area contributed by atoms with Gasteiger partial charge in [-0.05, 0) is 56.0 Å². The van der Waals surface area contributed by atoms with Crippen molar-refractivity contribution >= 4 is 11.6 Å². The van der Waals surface area contributed by atoms with Gasteiger partial charge in [-0.25, -0.2) is 0 Å². The van der Waals surface area contributed by atoms with Gasteiger partial charge in [0, 0.05) is 23.7 Å². The van der Waals surface area contributed by atoms with Crippen LogP contribution in [0.3, 0.4) is 0 Å². The summed E-state index contributed by atoms with van der Waals surface area (Å²) in [5.41, 5.74) is 4.58. The number of aromatic nitrogens is 1. The van der Waals surface area contributed by atoms with Gasteiger partial charge in [0.05, 0.1) is 5.69 Å². The summed E-state index contributed by atoms with van der Waals surface area (Å²) in [4.78, 5) is 28.8. The van der Waals surface area contributed by atoms with E-state index in [9.17, 15) is 9.59 Å². The molecule has 0 radical (unpaired) electrons. The molecule has 1 fully saturated rings. The van der Waals surface area contributed by atoms with E-state index in [-0.39, 0.29) is 17.5 Å². The topological polar surface area (TPSA) is 53.2 Å². The van der Waals surface area contributed by atoms with Crippen molar-refractivity contribution < 1.29 is 4.79 Å². The minimum atomic E-state index is -0.0513. The molecule has 1 aliphatic heterocycles. The molecule has 0 bridgehead atoms. The molecular weight excluding hydrogens is 288 g/mol. The molecule has 0 spiro atoms. The van der Waals surface area contributed by atoms with Gasteiger partial charge in [-0.1, -0.05) is 19.1 Å². The zero-order valence-corrected chi connectivity index (χ0v) is 13.8. The Kier molecular flexibility index (Phi) is 4.07. The number of hydrogen-bond donors (Lipinski definition) is 1. The number of carbonyl (C=O) groups excluding carboxylic acids is 1. The highest BCUT2D eigenvalue weighted by Gasteiger charge is 2.28. The average molecular weight is 310 g/mol. The van der Waals surface area contributed by atoms with Gasteiger partial charge in [-0.3, -0.25) is 9.59 Å². The predicted octanol–water partition coefficient (Wildman–Crippen LogP) is 3.43. The molecule has 2 aromatic rings. The number of anilines is 1. The fraction of sp³-hybridized carbons (Fsp3) is 0.368. The number of aromatic amines is 1. The van der Waals surface area contributed by atoms with E-state index in [1.165, 1.54) is 0 Å². The molecule has 1 amide bonds. The Morgan fingerprint density at radius 1 is 1.22 bits per heavy atom. The molecule has 23 heavy (non-hydrogen) atoms. The van der Waals surface area contributed by atoms with Gasteiger partial charge in [0.2, 0.25) is 5.91 Å². The number of benzene rings is 1. The minimum Gasteiger partial charge on any atom is -0.321 e. The van der Waals surface area contributed by atoms with E-state index in [0.29, 0.717) is 6.42 Å². The summed E-state index contributed by atoms with van der Waals surface area (Å²) in [5, 5.41) is 0. The maximum Gasteiger partial charge on any atom is 0.251 e. The Balaban J connectivity index is 1.99. The Hall–Kier alpha value is -2.36. The van der Waals surface area contributed by atoms with Gasteiger partial charge >= 0.3 is 0 Å². The Morgan fingerprint density at radius 2 is 1.91 bits per heavy atom. The third-order valence-corrected chi connectivity index (χ3v) is 4.61. The van der Waals surface area contributed by atoms with Crippen LogP contribution in [0.5, 0.6) is 0 Å². The van der Waals surface area contributed by atoms with Gasteiger partial charge in [0.25, 0.3) is 5.56 Å². The first-order valence-corrected chi connectivity index (χ1v) is 8.16. The number of carbonyl (C=O) groups is 1. The molecule has 4 nitrogen and oxygen atoms in total. The van der Waals surface area contributed by atoms with Crippen molar-refractivity contribution in [2.75, 3.05) is 4.90 Å². The lowest BCUT2D eigenvalue weighted by Crippen LogP contribution is -2.30. The van der Waals surface area contributed by atoms with Crippen molar-refractivity contribution in [3.63, 3.8) is 0 Å². The smallest absolute Gasteiger partial charge is 0.251 e. The minimum absolute atomic E-state index is 0.0513. The van der Waals surface area contributed by atoms with Crippen LogP contribution in [0.15, 0.2) is 35.1 Å². The standard InChI is InChI=1S/C19H22N2O2/c1-4-14-11-12(2)19(23)20-18(14)15-6-8-16(9-7-15)21-13(3)5-10-17(21)22/h6-9,11,13H,4-5,10H2,1-3H3,(H,20,23). The zero-order chi connectivity index (χ0) is 16.6. The van der Waals surface area contributed by atoms with Crippen molar-refractivity contribution in [3.8, 4) is 11.3 Å². The van der Waals surface area contributed by atoms with Gasteiger partial charge in [-0.15, -0.1) is 0 Å². The van der Waals surface area contributed by atoms with E-state index in [1.807, 2.05) is 42.2 Å². The SMILES string of the molecule is CCc1cc(C)c(=O)[nH]c1-c1ccc(N2C(=O)CCC2C)cc1. The summed E-state index contributed by atoms with van der Waals surface area (Å²) in [7, 11) is 0. The third-order valence-electron chi connectivity index (χ3n) is 4.61. The van der Waals surface area contributed by atoms with Crippen LogP contribution < -0.4 is 10.5 Å². The highest BCUT2D eigenvalue weighted by Crippen LogP contribution is 2.29. The number of aryl methyl sites for hydroxylation is 2. The van der Waals surface area contributed by atoms with Crippen molar-refractivity contribution in [2.24, 2.45) is 0 Å². The quantitative estimate of drug-likeness (QED) is 0.944. The fourth-order valence-corrected chi connectivity index (χ4v) is 3.24. The van der Waals surface area contributed by atoms with Gasteiger partial charge in [0.1, 0.15) is 0 Å². The number of nitrogens with one attached hydrogen (secondary N) is 1. The molecule has 1 aromatic heterocycles. The zero-order valence-electron chi connectivity index (χ0n) is 13.8. The lowest BCUT2D eigenvalue weighted by molar-refractivity contribution is -0.117. The largest absolute Gasteiger partial charge is 0.321 e. The molecular formula is C19H22N2O2. The number of hydrogen-bond acceptors (Lipinski definition) is 2. The lowest BCUT2D eigenvalue weighted by atomic mass is 10.0. The summed E-state index contributed by atoms with van der Waals surface area (Å²) in [5.74, 6) is 0.184. The van der Waals surface area contributed by atoms with Crippen LogP contribution in [0.1, 0.15) is 37.8 Å². The molecule has 1 saturated heterocycles. The first kappa shape index (κ1) is 15.5. The van der Waals surface area contributed by atoms with Crippen molar-refractivity contribution in [1.29, 1.82) is 0 Å². The summed E-state index contributed by atoms with van der Waals surface area (Å²) in [6.07, 6.45) is 2.39. The van der Waals surface area contributed by atoms with E-state index in [0.717, 1.165) is 40.9 Å². The molecule has 2 heterocycles. The molecule has 1 atom stereocenters. The second-order valence-electron chi connectivity index (χ2n) is 6.23. The summed E-state index contributed by atoms with van der Waals surface area (Å²) in [6.45, 7) is 5.98. The monoisotopic (exact) mass is 310 g/mol. The average Bonchev–Trinajstić information content (AvgIpc) is 2.88. The summed E-state index contributed by atoms with van der Waals surface area (Å²) in [6, 6.07) is 10.1. The van der Waals surface area contributed by atoms with E-state index >= 15 is 0 Å². The first-order chi connectivity index (χ1) is 11.0. The summed E-state index contributed by atoms with van der Waals surface area (Å²) < 4.78 is 0. The molecule has 0 aliphatic carbocycles. The van der Waals surface area contributed by atoms with Gasteiger partial charge in [0.15, 0.2) is 0 Å². The maximum atomic E-state index is 12.0. The molecule has 1 aromatic carbocycles. The van der Waals surface area contributed by atoms with Crippen LogP contribution in [0.25, 0.3) is 11.3 Å². The van der Waals surface area contributed by atoms with Crippen LogP contribution in [0.2, 0.25) is 0 Å². The molecule has 1 N–H and O–H groups in total. The van der Waals surface area contributed by atoms with Crippen LogP contribution in [-0.2, 0) is 11.2 Å². The third kappa shape index (κ3) is 2.81. The van der Waals surface area contributed by atoms with Crippen LogP contribution in [-0.4, -0.2) is 16.9 Å². The fourth-order valence-electron chi connectivity index (χ4n) is 3.24.